The first kappa shape index (κ1) is 30.3. The summed E-state index contributed by atoms with van der Waals surface area (Å²) in [4.78, 5) is 40.3. The molecule has 0 radical (unpaired) electrons. The van der Waals surface area contributed by atoms with Crippen molar-refractivity contribution >= 4 is 28.4 Å². The standard InChI is InChI=1S/C34H33N5O5S/c1-21-4-6-23(7-5-21)26-20-39(19-22-9-12-45-13-10-22)38-33(34(26)41)28(40)16-32-36-17-24(18-37-32)44-29-8-11-35-27-15-31(43-3)30(42-2)14-25(27)29/h4-8,11,14-15,17-18,20,22H,9-10,12-13,16,19H2,1-3H3. The SMILES string of the molecule is COc1cc2nccc(Oc3cnc(CC(=O)c4nn(CC5CCSCC5)cc(-c5ccc(C)cc5)c4=O)nc3)c2cc1OC. The van der Waals surface area contributed by atoms with Gasteiger partial charge in [-0.2, -0.15) is 16.9 Å². The van der Waals surface area contributed by atoms with Gasteiger partial charge in [-0.15, -0.1) is 0 Å². The number of ketones is 1. The Bertz CT molecular complexity index is 1890. The summed E-state index contributed by atoms with van der Waals surface area (Å²) in [7, 11) is 3.13. The molecule has 0 amide bonds. The molecule has 0 aliphatic carbocycles. The second-order valence-electron chi connectivity index (χ2n) is 10.9. The predicted molar refractivity (Wildman–Crippen MR) is 174 cm³/mol. The molecule has 0 unspecified atom stereocenters. The molecule has 10 nitrogen and oxygen atoms in total. The molecule has 1 saturated heterocycles. The van der Waals surface area contributed by atoms with E-state index in [0.29, 0.717) is 46.5 Å². The van der Waals surface area contributed by atoms with Crippen LogP contribution in [0.25, 0.3) is 22.0 Å². The summed E-state index contributed by atoms with van der Waals surface area (Å²) < 4.78 is 18.7. The Morgan fingerprint density at radius 2 is 1.67 bits per heavy atom. The van der Waals surface area contributed by atoms with E-state index < -0.39 is 11.2 Å². The summed E-state index contributed by atoms with van der Waals surface area (Å²) >= 11 is 1.96. The lowest BCUT2D eigenvalue weighted by Gasteiger charge is -2.22. The van der Waals surface area contributed by atoms with Gasteiger partial charge in [0.25, 0.3) is 0 Å². The molecular formula is C34H33N5O5S. The van der Waals surface area contributed by atoms with Crippen LogP contribution < -0.4 is 19.6 Å². The first-order valence-corrected chi connectivity index (χ1v) is 15.9. The van der Waals surface area contributed by atoms with Gasteiger partial charge in [-0.3, -0.25) is 19.3 Å². The molecule has 0 N–H and O–H groups in total. The number of methoxy groups -OCH3 is 2. The Kier molecular flexibility index (Phi) is 9.06. The Balaban J connectivity index is 1.24. The number of benzene rings is 2. The van der Waals surface area contributed by atoms with Crippen LogP contribution in [0.2, 0.25) is 0 Å². The molecule has 45 heavy (non-hydrogen) atoms. The molecule has 2 aromatic carbocycles. The quantitative estimate of drug-likeness (QED) is 0.173. The number of aromatic nitrogens is 5. The number of fused-ring (bicyclic) bond motifs is 1. The number of rotatable bonds is 10. The first-order chi connectivity index (χ1) is 21.9. The highest BCUT2D eigenvalue weighted by molar-refractivity contribution is 7.99. The van der Waals surface area contributed by atoms with Crippen LogP contribution in [0.15, 0.2) is 72.0 Å². The molecule has 1 aliphatic rings. The summed E-state index contributed by atoms with van der Waals surface area (Å²) in [5.41, 5.74) is 2.48. The zero-order valence-electron chi connectivity index (χ0n) is 25.4. The largest absolute Gasteiger partial charge is 0.493 e. The molecule has 6 rings (SSSR count). The Morgan fingerprint density at radius 1 is 0.956 bits per heavy atom. The number of hydrogen-bond acceptors (Lipinski definition) is 10. The van der Waals surface area contributed by atoms with Gasteiger partial charge in [-0.05, 0) is 54.9 Å². The van der Waals surface area contributed by atoms with Gasteiger partial charge < -0.3 is 14.2 Å². The van der Waals surface area contributed by atoms with Gasteiger partial charge in [0.1, 0.15) is 11.6 Å². The third kappa shape index (κ3) is 6.83. The van der Waals surface area contributed by atoms with Gasteiger partial charge in [0.2, 0.25) is 5.43 Å². The van der Waals surface area contributed by atoms with E-state index in [4.69, 9.17) is 14.2 Å². The zero-order chi connectivity index (χ0) is 31.3. The van der Waals surface area contributed by atoms with Crippen molar-refractivity contribution in [3.05, 3.63) is 94.6 Å². The van der Waals surface area contributed by atoms with Crippen LogP contribution in [0.4, 0.5) is 0 Å². The van der Waals surface area contributed by atoms with Gasteiger partial charge in [0.15, 0.2) is 28.7 Å². The fourth-order valence-electron chi connectivity index (χ4n) is 5.32. The lowest BCUT2D eigenvalue weighted by atomic mass is 10.0. The average molecular weight is 624 g/mol. The summed E-state index contributed by atoms with van der Waals surface area (Å²) in [6, 6.07) is 13.0. The minimum absolute atomic E-state index is 0.102. The van der Waals surface area contributed by atoms with Crippen LogP contribution in [-0.2, 0) is 13.0 Å². The maximum Gasteiger partial charge on any atom is 0.219 e. The van der Waals surface area contributed by atoms with Gasteiger partial charge in [0.05, 0.1) is 38.6 Å². The monoisotopic (exact) mass is 623 g/mol. The highest BCUT2D eigenvalue weighted by Gasteiger charge is 2.22. The fourth-order valence-corrected chi connectivity index (χ4v) is 6.53. The predicted octanol–water partition coefficient (Wildman–Crippen LogP) is 5.94. The molecule has 11 heteroatoms. The molecule has 0 spiro atoms. The lowest BCUT2D eigenvalue weighted by molar-refractivity contribution is 0.0982. The number of thioether (sulfide) groups is 1. The normalized spacial score (nSPS) is 13.5. The Labute approximate surface area is 264 Å². The number of aryl methyl sites for hydroxylation is 1. The lowest BCUT2D eigenvalue weighted by Crippen LogP contribution is -2.27. The molecule has 230 valence electrons. The van der Waals surface area contributed by atoms with Crippen molar-refractivity contribution in [2.45, 2.75) is 32.7 Å². The van der Waals surface area contributed by atoms with E-state index in [1.54, 1.807) is 49.5 Å². The molecular weight excluding hydrogens is 590 g/mol. The zero-order valence-corrected chi connectivity index (χ0v) is 26.2. The third-order valence-electron chi connectivity index (χ3n) is 7.81. The molecule has 3 aromatic heterocycles. The van der Waals surface area contributed by atoms with Crippen molar-refractivity contribution < 1.29 is 19.0 Å². The third-order valence-corrected chi connectivity index (χ3v) is 8.86. The minimum Gasteiger partial charge on any atom is -0.493 e. The number of nitrogens with zero attached hydrogens (tertiary/aromatic N) is 5. The van der Waals surface area contributed by atoms with E-state index in [-0.39, 0.29) is 17.9 Å². The van der Waals surface area contributed by atoms with Crippen molar-refractivity contribution in [1.29, 1.82) is 0 Å². The number of carbonyl (C=O) groups excluding carboxylic acids is 1. The molecule has 0 bridgehead atoms. The van der Waals surface area contributed by atoms with Gasteiger partial charge >= 0.3 is 0 Å². The average Bonchev–Trinajstić information content (AvgIpc) is 3.06. The first-order valence-electron chi connectivity index (χ1n) is 14.7. The van der Waals surface area contributed by atoms with E-state index in [1.165, 1.54) is 12.4 Å². The van der Waals surface area contributed by atoms with Crippen LogP contribution in [0, 0.1) is 12.8 Å². The molecule has 1 aliphatic heterocycles. The molecule has 5 aromatic rings. The summed E-state index contributed by atoms with van der Waals surface area (Å²) in [6.07, 6.45) is 8.41. The number of ether oxygens (including phenoxy) is 3. The van der Waals surface area contributed by atoms with Crippen LogP contribution in [0.5, 0.6) is 23.0 Å². The molecule has 0 atom stereocenters. The van der Waals surface area contributed by atoms with Crippen molar-refractivity contribution in [3.8, 4) is 34.1 Å². The van der Waals surface area contributed by atoms with Crippen molar-refractivity contribution in [1.82, 2.24) is 24.7 Å². The smallest absolute Gasteiger partial charge is 0.219 e. The summed E-state index contributed by atoms with van der Waals surface area (Å²) in [5.74, 6) is 4.51. The fraction of sp³-hybridized carbons (Fsp3) is 0.294. The van der Waals surface area contributed by atoms with Crippen molar-refractivity contribution in [3.63, 3.8) is 0 Å². The number of carbonyl (C=O) groups is 1. The van der Waals surface area contributed by atoms with E-state index in [9.17, 15) is 9.59 Å². The van der Waals surface area contributed by atoms with Crippen molar-refractivity contribution in [2.75, 3.05) is 25.7 Å². The van der Waals surface area contributed by atoms with Gasteiger partial charge in [0, 0.05) is 36.0 Å². The second-order valence-corrected chi connectivity index (χ2v) is 12.2. The highest BCUT2D eigenvalue weighted by atomic mass is 32.2. The topological polar surface area (TPSA) is 118 Å². The Morgan fingerprint density at radius 3 is 2.38 bits per heavy atom. The molecule has 1 fully saturated rings. The summed E-state index contributed by atoms with van der Waals surface area (Å²) in [6.45, 7) is 2.65. The Hall–Kier alpha value is -4.77. The molecule has 0 saturated carbocycles. The van der Waals surface area contributed by atoms with Crippen LogP contribution >= 0.6 is 11.8 Å². The number of hydrogen-bond donors (Lipinski definition) is 0. The second kappa shape index (κ2) is 13.5. The summed E-state index contributed by atoms with van der Waals surface area (Å²) in [5, 5.41) is 5.26. The van der Waals surface area contributed by atoms with Crippen LogP contribution in [0.1, 0.15) is 34.7 Å². The maximum absolute atomic E-state index is 13.6. The van der Waals surface area contributed by atoms with E-state index in [1.807, 2.05) is 43.0 Å². The number of Topliss-reactive ketones (excluding diaryl/α,β-unsaturated/α-hetero) is 1. The van der Waals surface area contributed by atoms with Gasteiger partial charge in [-0.25, -0.2) is 9.97 Å². The highest BCUT2D eigenvalue weighted by Crippen LogP contribution is 2.36. The molecule has 4 heterocycles. The van der Waals surface area contributed by atoms with Crippen LogP contribution in [-0.4, -0.2) is 56.2 Å². The van der Waals surface area contributed by atoms with Crippen LogP contribution in [0.3, 0.4) is 0 Å². The number of pyridine rings is 1. The van der Waals surface area contributed by atoms with Crippen molar-refractivity contribution in [2.24, 2.45) is 5.92 Å². The minimum atomic E-state index is -0.434. The van der Waals surface area contributed by atoms with Gasteiger partial charge in [-0.1, -0.05) is 29.8 Å². The van der Waals surface area contributed by atoms with E-state index in [2.05, 4.69) is 20.1 Å². The van der Waals surface area contributed by atoms with E-state index >= 15 is 0 Å². The maximum atomic E-state index is 13.6. The van der Waals surface area contributed by atoms with E-state index in [0.717, 1.165) is 40.9 Å².